The van der Waals surface area contributed by atoms with E-state index in [4.69, 9.17) is 9.47 Å². The van der Waals surface area contributed by atoms with Gasteiger partial charge < -0.3 is 9.47 Å². The molecule has 0 spiro atoms. The number of esters is 2. The Morgan fingerprint density at radius 1 is 0.963 bits per heavy atom. The summed E-state index contributed by atoms with van der Waals surface area (Å²) in [6.07, 6.45) is 1.79. The van der Waals surface area contributed by atoms with Gasteiger partial charge in [0.25, 0.3) is 0 Å². The lowest BCUT2D eigenvalue weighted by Crippen LogP contribution is -2.13. The molecule has 0 radical (unpaired) electrons. The van der Waals surface area contributed by atoms with E-state index >= 15 is 0 Å². The summed E-state index contributed by atoms with van der Waals surface area (Å²) in [5, 5.41) is 0. The maximum atomic E-state index is 12.3. The molecule has 0 bridgehead atoms. The Hall–Kier alpha value is -3.14. The van der Waals surface area contributed by atoms with Crippen LogP contribution in [0.25, 0.3) is 6.08 Å². The topological polar surface area (TPSA) is 52.6 Å². The molecule has 0 aliphatic heterocycles. The molecule has 2 rings (SSSR count). The number of hydrogen-bond acceptors (Lipinski definition) is 4. The van der Waals surface area contributed by atoms with Gasteiger partial charge in [-0.3, -0.25) is 0 Å². The Morgan fingerprint density at radius 2 is 1.63 bits per heavy atom. The van der Waals surface area contributed by atoms with Gasteiger partial charge >= 0.3 is 11.9 Å². The lowest BCUT2D eigenvalue weighted by Gasteiger charge is -2.10. The summed E-state index contributed by atoms with van der Waals surface area (Å²) in [5.74, 6) is -0.993. The number of aryl methyl sites for hydroxylation is 1. The largest absolute Gasteiger partial charge is 0.463 e. The van der Waals surface area contributed by atoms with E-state index in [9.17, 15) is 9.59 Å². The molecule has 0 N–H and O–H groups in total. The van der Waals surface area contributed by atoms with E-state index in [0.717, 1.165) is 16.7 Å². The minimum Gasteiger partial charge on any atom is -0.463 e. The first kappa shape index (κ1) is 20.2. The fourth-order valence-electron chi connectivity index (χ4n) is 2.40. The van der Waals surface area contributed by atoms with E-state index in [-0.39, 0.29) is 25.2 Å². The highest BCUT2D eigenvalue weighted by molar-refractivity contribution is 5.97. The molecule has 27 heavy (non-hydrogen) atoms. The molecule has 0 atom stereocenters. The molecule has 4 nitrogen and oxygen atoms in total. The molecule has 0 fully saturated rings. The smallest absolute Gasteiger partial charge is 0.334 e. The van der Waals surface area contributed by atoms with Crippen LogP contribution in [0.5, 0.6) is 0 Å². The number of carbonyl (C=O) groups excluding carboxylic acids is 2. The van der Waals surface area contributed by atoms with Crippen molar-refractivity contribution in [2.45, 2.75) is 26.9 Å². The molecule has 0 saturated heterocycles. The molecule has 2 aromatic carbocycles. The van der Waals surface area contributed by atoms with E-state index in [1.54, 1.807) is 13.0 Å². The van der Waals surface area contributed by atoms with Gasteiger partial charge in [-0.1, -0.05) is 66.7 Å². The maximum absolute atomic E-state index is 12.3. The molecule has 0 heterocycles. The number of hydrogen-bond donors (Lipinski definition) is 0. The fourth-order valence-corrected chi connectivity index (χ4v) is 2.40. The van der Waals surface area contributed by atoms with Crippen molar-refractivity contribution in [3.8, 4) is 0 Å². The van der Waals surface area contributed by atoms with Crippen LogP contribution in [-0.2, 0) is 25.7 Å². The molecule has 4 heteroatoms. The molecule has 0 amide bonds. The second kappa shape index (κ2) is 10.1. The van der Waals surface area contributed by atoms with E-state index in [2.05, 4.69) is 6.58 Å². The summed E-state index contributed by atoms with van der Waals surface area (Å²) in [4.78, 5) is 24.5. The quantitative estimate of drug-likeness (QED) is 0.506. The van der Waals surface area contributed by atoms with E-state index in [0.29, 0.717) is 5.57 Å². The van der Waals surface area contributed by atoms with Crippen LogP contribution < -0.4 is 0 Å². The second-order valence-corrected chi connectivity index (χ2v) is 6.14. The third-order valence-electron chi connectivity index (χ3n) is 3.86. The Morgan fingerprint density at radius 3 is 2.26 bits per heavy atom. The predicted molar refractivity (Wildman–Crippen MR) is 106 cm³/mol. The summed E-state index contributed by atoms with van der Waals surface area (Å²) in [7, 11) is 0. The third-order valence-corrected chi connectivity index (χ3v) is 3.86. The van der Waals surface area contributed by atoms with Crippen molar-refractivity contribution in [1.82, 2.24) is 0 Å². The molecule has 0 unspecified atom stereocenters. The first-order chi connectivity index (χ1) is 13.0. The Balaban J connectivity index is 2.06. The molecular weight excluding hydrogens is 340 g/mol. The fraction of sp³-hybridized carbons (Fsp3) is 0.217. The number of benzene rings is 2. The van der Waals surface area contributed by atoms with Crippen LogP contribution in [0, 0.1) is 6.92 Å². The van der Waals surface area contributed by atoms with Gasteiger partial charge in [0, 0.05) is 17.6 Å². The van der Waals surface area contributed by atoms with Crippen molar-refractivity contribution >= 4 is 18.0 Å². The van der Waals surface area contributed by atoms with Gasteiger partial charge in [0.2, 0.25) is 0 Å². The van der Waals surface area contributed by atoms with Crippen molar-refractivity contribution in [2.75, 3.05) is 6.61 Å². The Labute approximate surface area is 160 Å². The zero-order valence-corrected chi connectivity index (χ0v) is 15.7. The monoisotopic (exact) mass is 364 g/mol. The van der Waals surface area contributed by atoms with Crippen molar-refractivity contribution in [2.24, 2.45) is 0 Å². The van der Waals surface area contributed by atoms with Crippen LogP contribution in [0.2, 0.25) is 0 Å². The first-order valence-electron chi connectivity index (χ1n) is 8.82. The summed E-state index contributed by atoms with van der Waals surface area (Å²) < 4.78 is 10.4. The molecule has 0 saturated carbocycles. The molecular formula is C23H24O4. The summed E-state index contributed by atoms with van der Waals surface area (Å²) in [5.41, 5.74) is 3.44. The minimum atomic E-state index is -0.530. The normalized spacial score (nSPS) is 11.0. The third kappa shape index (κ3) is 6.59. The number of carbonyl (C=O) groups is 2. The summed E-state index contributed by atoms with van der Waals surface area (Å²) >= 11 is 0. The van der Waals surface area contributed by atoms with Crippen LogP contribution >= 0.6 is 0 Å². The van der Waals surface area contributed by atoms with Crippen LogP contribution in [0.4, 0.5) is 0 Å². The zero-order valence-electron chi connectivity index (χ0n) is 15.7. The minimum absolute atomic E-state index is 0.0698. The van der Waals surface area contributed by atoms with Crippen LogP contribution in [0.3, 0.4) is 0 Å². The maximum Gasteiger partial charge on any atom is 0.334 e. The van der Waals surface area contributed by atoms with Gasteiger partial charge in [0.1, 0.15) is 6.61 Å². The van der Waals surface area contributed by atoms with Gasteiger partial charge in [0.05, 0.1) is 6.61 Å². The van der Waals surface area contributed by atoms with Crippen molar-refractivity contribution in [1.29, 1.82) is 0 Å². The SMILES string of the molecule is C=C(C/C(=C\c1ccc(C)cc1)C(=O)OCC)C(=O)OCc1ccccc1. The average Bonchev–Trinajstić information content (AvgIpc) is 2.68. The number of ether oxygens (including phenoxy) is 2. The van der Waals surface area contributed by atoms with E-state index < -0.39 is 11.9 Å². The molecule has 2 aromatic rings. The van der Waals surface area contributed by atoms with Gasteiger partial charge in [-0.2, -0.15) is 0 Å². The van der Waals surface area contributed by atoms with Gasteiger partial charge in [-0.25, -0.2) is 9.59 Å². The van der Waals surface area contributed by atoms with E-state index in [1.807, 2.05) is 61.5 Å². The second-order valence-electron chi connectivity index (χ2n) is 6.14. The summed E-state index contributed by atoms with van der Waals surface area (Å²) in [6.45, 7) is 7.93. The highest BCUT2D eigenvalue weighted by Crippen LogP contribution is 2.18. The Kier molecular flexibility index (Phi) is 7.56. The predicted octanol–water partition coefficient (Wildman–Crippen LogP) is 4.63. The lowest BCUT2D eigenvalue weighted by atomic mass is 10.0. The first-order valence-corrected chi connectivity index (χ1v) is 8.82. The highest BCUT2D eigenvalue weighted by atomic mass is 16.5. The lowest BCUT2D eigenvalue weighted by molar-refractivity contribution is -0.140. The van der Waals surface area contributed by atoms with Crippen LogP contribution in [0.1, 0.15) is 30.0 Å². The number of rotatable bonds is 8. The van der Waals surface area contributed by atoms with Crippen molar-refractivity contribution in [3.63, 3.8) is 0 Å². The molecule has 140 valence electrons. The van der Waals surface area contributed by atoms with Gasteiger partial charge in [0.15, 0.2) is 0 Å². The van der Waals surface area contributed by atoms with Crippen molar-refractivity contribution in [3.05, 3.63) is 89.0 Å². The summed E-state index contributed by atoms with van der Waals surface area (Å²) in [6, 6.07) is 17.1. The average molecular weight is 364 g/mol. The zero-order chi connectivity index (χ0) is 19.6. The molecule has 0 aliphatic carbocycles. The van der Waals surface area contributed by atoms with Gasteiger partial charge in [-0.15, -0.1) is 0 Å². The van der Waals surface area contributed by atoms with Crippen molar-refractivity contribution < 1.29 is 19.1 Å². The molecule has 0 aromatic heterocycles. The highest BCUT2D eigenvalue weighted by Gasteiger charge is 2.17. The molecule has 0 aliphatic rings. The van der Waals surface area contributed by atoms with Crippen LogP contribution in [-0.4, -0.2) is 18.5 Å². The van der Waals surface area contributed by atoms with E-state index in [1.165, 1.54) is 0 Å². The standard InChI is InChI=1S/C23H24O4/c1-4-26-23(25)21(15-19-12-10-17(2)11-13-19)14-18(3)22(24)27-16-20-8-6-5-7-9-20/h5-13,15H,3-4,14,16H2,1-2H3/b21-15+. The Bertz CT molecular complexity index is 817. The van der Waals surface area contributed by atoms with Gasteiger partial charge in [-0.05, 0) is 31.1 Å². The van der Waals surface area contributed by atoms with Crippen LogP contribution in [0.15, 0.2) is 72.3 Å².